The van der Waals surface area contributed by atoms with Crippen LogP contribution in [0.3, 0.4) is 0 Å². The molecule has 0 aliphatic heterocycles. The number of rotatable bonds is 5. The summed E-state index contributed by atoms with van der Waals surface area (Å²) in [4.78, 5) is 2.29. The van der Waals surface area contributed by atoms with Gasteiger partial charge in [-0.2, -0.15) is 4.57 Å². The third-order valence-electron chi connectivity index (χ3n) is 3.48. The summed E-state index contributed by atoms with van der Waals surface area (Å²) in [5, 5.41) is 0. The molecule has 1 heterocycles. The summed E-state index contributed by atoms with van der Waals surface area (Å²) in [5.74, 6) is 0.900. The zero-order valence-corrected chi connectivity index (χ0v) is 12.8. The highest BCUT2D eigenvalue weighted by Crippen LogP contribution is 2.27. The van der Waals surface area contributed by atoms with E-state index in [0.29, 0.717) is 6.61 Å². The van der Waals surface area contributed by atoms with Crippen molar-refractivity contribution in [1.82, 2.24) is 0 Å². The number of ether oxygens (including phenoxy) is 1. The summed E-state index contributed by atoms with van der Waals surface area (Å²) in [5.41, 5.74) is 3.55. The number of anilines is 2. The number of aryl methyl sites for hydroxylation is 1. The largest absolute Gasteiger partial charge is 0.445 e. The minimum Gasteiger partial charge on any atom is -0.445 e. The van der Waals surface area contributed by atoms with E-state index in [1.807, 2.05) is 20.0 Å². The van der Waals surface area contributed by atoms with Crippen molar-refractivity contribution >= 4 is 11.4 Å². The van der Waals surface area contributed by atoms with Gasteiger partial charge < -0.3 is 9.64 Å². The summed E-state index contributed by atoms with van der Waals surface area (Å²) < 4.78 is 7.80. The van der Waals surface area contributed by atoms with Crippen LogP contribution in [-0.4, -0.2) is 13.2 Å². The van der Waals surface area contributed by atoms with Gasteiger partial charge in [-0.25, -0.2) is 0 Å². The molecule has 1 aromatic carbocycles. The Morgan fingerprint density at radius 1 is 1.05 bits per heavy atom. The maximum absolute atomic E-state index is 5.72. The highest BCUT2D eigenvalue weighted by atomic mass is 16.5. The Morgan fingerprint density at radius 2 is 1.75 bits per heavy atom. The van der Waals surface area contributed by atoms with Gasteiger partial charge in [-0.05, 0) is 26.0 Å². The lowest BCUT2D eigenvalue weighted by Gasteiger charge is -2.23. The van der Waals surface area contributed by atoms with E-state index in [4.69, 9.17) is 4.74 Å². The maximum Gasteiger partial charge on any atom is 0.369 e. The van der Waals surface area contributed by atoms with Crippen molar-refractivity contribution in [1.29, 1.82) is 0 Å². The second kappa shape index (κ2) is 6.42. The first kappa shape index (κ1) is 14.4. The molecule has 0 unspecified atom stereocenters. The Bertz CT molecular complexity index is 567. The van der Waals surface area contributed by atoms with Gasteiger partial charge >= 0.3 is 5.88 Å². The zero-order valence-electron chi connectivity index (χ0n) is 12.8. The molecule has 3 nitrogen and oxygen atoms in total. The Balaban J connectivity index is 2.45. The number of nitrogens with zero attached hydrogens (tertiary/aromatic N) is 2. The molecule has 1 aromatic heterocycles. The van der Waals surface area contributed by atoms with Crippen LogP contribution in [0.25, 0.3) is 0 Å². The monoisotopic (exact) mass is 271 g/mol. The molecule has 0 aliphatic rings. The first-order valence-electron chi connectivity index (χ1n) is 7.13. The van der Waals surface area contributed by atoms with Gasteiger partial charge in [0.25, 0.3) is 0 Å². The topological polar surface area (TPSA) is 16.4 Å². The van der Waals surface area contributed by atoms with E-state index >= 15 is 0 Å². The van der Waals surface area contributed by atoms with Crippen molar-refractivity contribution in [2.75, 3.05) is 18.1 Å². The summed E-state index contributed by atoms with van der Waals surface area (Å²) in [6.07, 6.45) is 0. The fourth-order valence-electron chi connectivity index (χ4n) is 2.31. The fraction of sp³-hybridized carbons (Fsp3) is 0.353. The highest BCUT2D eigenvalue weighted by Gasteiger charge is 2.17. The van der Waals surface area contributed by atoms with E-state index in [0.717, 1.165) is 18.1 Å². The molecule has 106 valence electrons. The molecule has 0 amide bonds. The third kappa shape index (κ3) is 2.93. The van der Waals surface area contributed by atoms with Crippen LogP contribution in [0, 0.1) is 6.92 Å². The Kier molecular flexibility index (Phi) is 4.61. The first-order valence-corrected chi connectivity index (χ1v) is 7.13. The van der Waals surface area contributed by atoms with Crippen molar-refractivity contribution in [2.45, 2.75) is 20.8 Å². The quantitative estimate of drug-likeness (QED) is 0.775. The van der Waals surface area contributed by atoms with E-state index in [-0.39, 0.29) is 0 Å². The summed E-state index contributed by atoms with van der Waals surface area (Å²) in [6, 6.07) is 14.7. The summed E-state index contributed by atoms with van der Waals surface area (Å²) >= 11 is 0. The van der Waals surface area contributed by atoms with Gasteiger partial charge in [0.2, 0.25) is 0 Å². The zero-order chi connectivity index (χ0) is 14.5. The predicted molar refractivity (Wildman–Crippen MR) is 82.6 cm³/mol. The number of benzene rings is 1. The van der Waals surface area contributed by atoms with Gasteiger partial charge in [0.15, 0.2) is 5.69 Å². The summed E-state index contributed by atoms with van der Waals surface area (Å²) in [7, 11) is 2.03. The number of hydrogen-bond donors (Lipinski definition) is 0. The molecule has 3 heteroatoms. The van der Waals surface area contributed by atoms with Crippen molar-refractivity contribution in [2.24, 2.45) is 7.05 Å². The van der Waals surface area contributed by atoms with Gasteiger partial charge in [0.05, 0.1) is 18.4 Å². The van der Waals surface area contributed by atoms with E-state index in [2.05, 4.69) is 59.7 Å². The van der Waals surface area contributed by atoms with E-state index in [1.165, 1.54) is 11.4 Å². The number of aromatic nitrogens is 1. The fourth-order valence-corrected chi connectivity index (χ4v) is 2.31. The van der Waals surface area contributed by atoms with Crippen molar-refractivity contribution in [3.8, 4) is 5.88 Å². The van der Waals surface area contributed by atoms with Gasteiger partial charge in [-0.1, -0.05) is 18.2 Å². The second-order valence-electron chi connectivity index (χ2n) is 4.76. The lowest BCUT2D eigenvalue weighted by molar-refractivity contribution is -0.683. The van der Waals surface area contributed by atoms with Gasteiger partial charge in [-0.15, -0.1) is 0 Å². The summed E-state index contributed by atoms with van der Waals surface area (Å²) in [6.45, 7) is 7.87. The van der Waals surface area contributed by atoms with E-state index in [1.54, 1.807) is 0 Å². The second-order valence-corrected chi connectivity index (χ2v) is 4.76. The maximum atomic E-state index is 5.72. The van der Waals surface area contributed by atoms with Crippen molar-refractivity contribution < 1.29 is 9.30 Å². The molecule has 0 saturated carbocycles. The van der Waals surface area contributed by atoms with Crippen LogP contribution in [-0.2, 0) is 7.05 Å². The SMILES string of the molecule is CCOc1cc(N(CC)c2ccccc2)cc(C)[n+]1C. The van der Waals surface area contributed by atoms with Gasteiger partial charge in [0.1, 0.15) is 7.05 Å². The number of para-hydroxylation sites is 1. The highest BCUT2D eigenvalue weighted by molar-refractivity contribution is 5.63. The third-order valence-corrected chi connectivity index (χ3v) is 3.48. The molecule has 0 fully saturated rings. The molecule has 20 heavy (non-hydrogen) atoms. The standard InChI is InChI=1S/C17H23N2O/c1-5-19(15-10-8-7-9-11-15)16-12-14(3)18(4)17(13-16)20-6-2/h7-13H,5-6H2,1-4H3/q+1. The Morgan fingerprint density at radius 3 is 2.35 bits per heavy atom. The predicted octanol–water partition coefficient (Wildman–Crippen LogP) is 3.38. The lowest BCUT2D eigenvalue weighted by atomic mass is 10.2. The smallest absolute Gasteiger partial charge is 0.369 e. The average molecular weight is 271 g/mol. The van der Waals surface area contributed by atoms with E-state index < -0.39 is 0 Å². The molecule has 2 rings (SSSR count). The Labute approximate surface area is 121 Å². The molecule has 0 saturated heterocycles. The van der Waals surface area contributed by atoms with E-state index in [9.17, 15) is 0 Å². The molecular formula is C17H23N2O+. The molecular weight excluding hydrogens is 248 g/mol. The van der Waals surface area contributed by atoms with Crippen LogP contribution >= 0.6 is 0 Å². The van der Waals surface area contributed by atoms with Crippen LogP contribution in [0.15, 0.2) is 42.5 Å². The molecule has 0 bridgehead atoms. The van der Waals surface area contributed by atoms with Crippen molar-refractivity contribution in [3.05, 3.63) is 48.2 Å². The molecule has 0 atom stereocenters. The average Bonchev–Trinajstić information content (AvgIpc) is 2.46. The molecule has 0 radical (unpaired) electrons. The minimum atomic E-state index is 0.675. The first-order chi connectivity index (χ1) is 9.67. The molecule has 0 N–H and O–H groups in total. The molecule has 0 spiro atoms. The van der Waals surface area contributed by atoms with Crippen LogP contribution < -0.4 is 14.2 Å². The number of pyridine rings is 1. The van der Waals surface area contributed by atoms with Crippen LogP contribution in [0.2, 0.25) is 0 Å². The normalized spacial score (nSPS) is 10.4. The van der Waals surface area contributed by atoms with Gasteiger partial charge in [0, 0.05) is 25.2 Å². The molecule has 0 aliphatic carbocycles. The van der Waals surface area contributed by atoms with Crippen LogP contribution in [0.5, 0.6) is 5.88 Å². The Hall–Kier alpha value is -2.03. The lowest BCUT2D eigenvalue weighted by Crippen LogP contribution is -2.35. The van der Waals surface area contributed by atoms with Crippen LogP contribution in [0.1, 0.15) is 19.5 Å². The molecule has 2 aromatic rings. The van der Waals surface area contributed by atoms with Crippen molar-refractivity contribution in [3.63, 3.8) is 0 Å². The number of hydrogen-bond acceptors (Lipinski definition) is 2. The van der Waals surface area contributed by atoms with Gasteiger partial charge in [-0.3, -0.25) is 0 Å². The van der Waals surface area contributed by atoms with Crippen LogP contribution in [0.4, 0.5) is 11.4 Å². The minimum absolute atomic E-state index is 0.675.